The van der Waals surface area contributed by atoms with E-state index in [1.54, 1.807) is 10.4 Å². The summed E-state index contributed by atoms with van der Waals surface area (Å²) in [7, 11) is -2.19. The standard InChI is InChI=1S/C34H51N3O7SSi/c1-21(33(3,4)5)32(42)37-18-25(44-46(9,10)34(6,7)8)17-27(37)31(41)36-26(19-43-29(40)16-15-28(38)39)23-11-13-24(14-12-23)30-22(2)35-20-45-30/h11-14,20-21,25-27H,15-19H2,1-10H3,(H,36,41)(H,38,39)/t21-,25-,26+,27+/m1/s1. The Morgan fingerprint density at radius 3 is 2.24 bits per heavy atom. The fraction of sp³-hybridized carbons (Fsp3) is 0.618. The molecule has 4 atom stereocenters. The number of aliphatic carboxylic acids is 1. The number of hydrogen-bond donors (Lipinski definition) is 2. The highest BCUT2D eigenvalue weighted by Gasteiger charge is 2.47. The SMILES string of the molecule is Cc1ncsc1-c1ccc([C@H](COC(=O)CCC(=O)O)NC(=O)[C@@H]2C[C@@H](O[Si](C)(C)C(C)(C)C)CN2C(=O)[C@@H](C)C(C)(C)C)cc1. The lowest BCUT2D eigenvalue weighted by molar-refractivity contribution is -0.149. The second kappa shape index (κ2) is 14.8. The van der Waals surface area contributed by atoms with Gasteiger partial charge in [0, 0.05) is 18.9 Å². The highest BCUT2D eigenvalue weighted by Crippen LogP contribution is 2.40. The molecule has 46 heavy (non-hydrogen) atoms. The second-order valence-electron chi connectivity index (χ2n) is 14.9. The van der Waals surface area contributed by atoms with E-state index in [1.807, 2.05) is 58.9 Å². The maximum atomic E-state index is 14.1. The van der Waals surface area contributed by atoms with Crippen LogP contribution in [0.1, 0.15) is 85.0 Å². The van der Waals surface area contributed by atoms with Crippen LogP contribution in [-0.4, -0.2) is 72.4 Å². The average molecular weight is 674 g/mol. The Bertz CT molecular complexity index is 1390. The highest BCUT2D eigenvalue weighted by atomic mass is 32.1. The average Bonchev–Trinajstić information content (AvgIpc) is 3.58. The van der Waals surface area contributed by atoms with Crippen LogP contribution in [0.4, 0.5) is 0 Å². The number of aryl methyl sites for hydroxylation is 1. The summed E-state index contributed by atoms with van der Waals surface area (Å²) in [6.45, 7) is 20.8. The fourth-order valence-electron chi connectivity index (χ4n) is 4.98. The van der Waals surface area contributed by atoms with Crippen molar-refractivity contribution in [1.82, 2.24) is 15.2 Å². The van der Waals surface area contributed by atoms with E-state index < -0.39 is 32.3 Å². The van der Waals surface area contributed by atoms with Crippen LogP contribution in [-0.2, 0) is 28.3 Å². The van der Waals surface area contributed by atoms with Crippen LogP contribution in [0.2, 0.25) is 18.1 Å². The first-order valence-electron chi connectivity index (χ1n) is 15.9. The van der Waals surface area contributed by atoms with Crippen molar-refractivity contribution >= 4 is 43.4 Å². The van der Waals surface area contributed by atoms with Crippen molar-refractivity contribution in [3.8, 4) is 10.4 Å². The second-order valence-corrected chi connectivity index (χ2v) is 20.5. The predicted molar refractivity (Wildman–Crippen MR) is 182 cm³/mol. The van der Waals surface area contributed by atoms with Gasteiger partial charge in [0.1, 0.15) is 12.6 Å². The maximum absolute atomic E-state index is 14.1. The number of carboxylic acid groups (broad SMARTS) is 1. The summed E-state index contributed by atoms with van der Waals surface area (Å²) in [4.78, 5) is 58.3. The van der Waals surface area contributed by atoms with E-state index in [4.69, 9.17) is 14.3 Å². The van der Waals surface area contributed by atoms with Gasteiger partial charge in [0.05, 0.1) is 41.1 Å². The summed E-state index contributed by atoms with van der Waals surface area (Å²) in [6, 6.07) is 6.11. The van der Waals surface area contributed by atoms with Gasteiger partial charge < -0.3 is 24.5 Å². The van der Waals surface area contributed by atoms with E-state index in [1.165, 1.54) is 11.3 Å². The molecule has 1 aliphatic heterocycles. The molecule has 1 aromatic carbocycles. The van der Waals surface area contributed by atoms with Crippen molar-refractivity contribution in [3.05, 3.63) is 41.0 Å². The van der Waals surface area contributed by atoms with Gasteiger partial charge in [-0.15, -0.1) is 11.3 Å². The molecule has 12 heteroatoms. The lowest BCUT2D eigenvalue weighted by atomic mass is 9.81. The van der Waals surface area contributed by atoms with E-state index in [-0.39, 0.29) is 53.7 Å². The minimum atomic E-state index is -2.19. The summed E-state index contributed by atoms with van der Waals surface area (Å²) in [6.07, 6.45) is -0.557. The Kier molecular flexibility index (Phi) is 12.0. The number of benzene rings is 1. The molecular formula is C34H51N3O7SSi. The zero-order chi connectivity index (χ0) is 34.6. The van der Waals surface area contributed by atoms with E-state index in [2.05, 4.69) is 44.2 Å². The number of nitrogens with zero attached hydrogens (tertiary/aromatic N) is 2. The molecule has 0 aliphatic carbocycles. The van der Waals surface area contributed by atoms with Gasteiger partial charge in [-0.2, -0.15) is 0 Å². The number of carboxylic acids is 1. The number of rotatable bonds is 12. The third kappa shape index (κ3) is 9.48. The molecule has 0 bridgehead atoms. The van der Waals surface area contributed by atoms with Gasteiger partial charge in [-0.3, -0.25) is 19.2 Å². The Hall–Kier alpha value is -3.09. The molecule has 1 aliphatic rings. The Labute approximate surface area is 278 Å². The first-order chi connectivity index (χ1) is 21.2. The van der Waals surface area contributed by atoms with Crippen LogP contribution < -0.4 is 5.32 Å². The number of carbonyl (C=O) groups excluding carboxylic acids is 3. The molecular weight excluding hydrogens is 623 g/mol. The fourth-order valence-corrected chi connectivity index (χ4v) is 7.15. The summed E-state index contributed by atoms with van der Waals surface area (Å²) in [5.41, 5.74) is 4.08. The van der Waals surface area contributed by atoms with Crippen LogP contribution in [0.25, 0.3) is 10.4 Å². The number of esters is 1. The molecule has 3 rings (SSSR count). The van der Waals surface area contributed by atoms with Gasteiger partial charge in [-0.05, 0) is 41.6 Å². The summed E-state index contributed by atoms with van der Waals surface area (Å²) in [5, 5.41) is 12.0. The van der Waals surface area contributed by atoms with Crippen molar-refractivity contribution in [2.45, 2.75) is 111 Å². The Morgan fingerprint density at radius 1 is 1.09 bits per heavy atom. The number of aromatic nitrogens is 1. The molecule has 0 saturated carbocycles. The van der Waals surface area contributed by atoms with Crippen molar-refractivity contribution in [3.63, 3.8) is 0 Å². The smallest absolute Gasteiger partial charge is 0.306 e. The van der Waals surface area contributed by atoms with Crippen LogP contribution in [0.15, 0.2) is 29.8 Å². The van der Waals surface area contributed by atoms with Gasteiger partial charge >= 0.3 is 11.9 Å². The van der Waals surface area contributed by atoms with Crippen molar-refractivity contribution < 1.29 is 33.4 Å². The zero-order valence-electron chi connectivity index (χ0n) is 28.9. The molecule has 2 amide bonds. The molecule has 2 aromatic rings. The lowest BCUT2D eigenvalue weighted by Crippen LogP contribution is -2.50. The molecule has 10 nitrogen and oxygen atoms in total. The number of likely N-dealkylation sites (tertiary alicyclic amines) is 1. The minimum Gasteiger partial charge on any atom is -0.481 e. The third-order valence-corrected chi connectivity index (χ3v) is 14.9. The van der Waals surface area contributed by atoms with Gasteiger partial charge in [0.15, 0.2) is 8.32 Å². The number of amides is 2. The first-order valence-corrected chi connectivity index (χ1v) is 19.7. The van der Waals surface area contributed by atoms with Crippen LogP contribution >= 0.6 is 11.3 Å². The maximum Gasteiger partial charge on any atom is 0.306 e. The molecule has 2 heterocycles. The molecule has 0 unspecified atom stereocenters. The first kappa shape index (κ1) is 37.4. The van der Waals surface area contributed by atoms with Crippen molar-refractivity contribution in [2.75, 3.05) is 13.2 Å². The number of ether oxygens (including phenoxy) is 1. The molecule has 1 fully saturated rings. The number of thiazole rings is 1. The van der Waals surface area contributed by atoms with Crippen LogP contribution in [0, 0.1) is 18.3 Å². The molecule has 0 spiro atoms. The van der Waals surface area contributed by atoms with Gasteiger partial charge in [-0.1, -0.05) is 72.7 Å². The van der Waals surface area contributed by atoms with E-state index in [0.29, 0.717) is 18.5 Å². The van der Waals surface area contributed by atoms with E-state index in [0.717, 1.165) is 16.1 Å². The molecule has 1 saturated heterocycles. The summed E-state index contributed by atoms with van der Waals surface area (Å²) in [5.74, 6) is -2.55. The van der Waals surface area contributed by atoms with Gasteiger partial charge in [0.2, 0.25) is 11.8 Å². The molecule has 2 N–H and O–H groups in total. The summed E-state index contributed by atoms with van der Waals surface area (Å²) >= 11 is 1.53. The van der Waals surface area contributed by atoms with Gasteiger partial charge in [-0.25, -0.2) is 4.98 Å². The molecule has 1 aromatic heterocycles. The van der Waals surface area contributed by atoms with Crippen LogP contribution in [0.5, 0.6) is 0 Å². The normalized spacial score (nSPS) is 18.6. The molecule has 254 valence electrons. The quantitative estimate of drug-likeness (QED) is 0.196. The largest absolute Gasteiger partial charge is 0.481 e. The van der Waals surface area contributed by atoms with Crippen LogP contribution in [0.3, 0.4) is 0 Å². The number of hydrogen-bond acceptors (Lipinski definition) is 8. The minimum absolute atomic E-state index is 0.0413. The van der Waals surface area contributed by atoms with E-state index in [9.17, 15) is 19.2 Å². The number of carbonyl (C=O) groups is 4. The van der Waals surface area contributed by atoms with Crippen molar-refractivity contribution in [1.29, 1.82) is 0 Å². The van der Waals surface area contributed by atoms with Crippen molar-refractivity contribution in [2.24, 2.45) is 11.3 Å². The topological polar surface area (TPSA) is 135 Å². The predicted octanol–water partition coefficient (Wildman–Crippen LogP) is 6.36. The summed E-state index contributed by atoms with van der Waals surface area (Å²) < 4.78 is 12.2. The Morgan fingerprint density at radius 2 is 1.72 bits per heavy atom. The zero-order valence-corrected chi connectivity index (χ0v) is 30.7. The lowest BCUT2D eigenvalue weighted by Gasteiger charge is -2.38. The third-order valence-electron chi connectivity index (χ3n) is 9.38. The highest BCUT2D eigenvalue weighted by molar-refractivity contribution is 7.13. The Balaban J connectivity index is 1.90. The molecule has 0 radical (unpaired) electrons. The monoisotopic (exact) mass is 673 g/mol. The number of nitrogens with one attached hydrogen (secondary N) is 1. The van der Waals surface area contributed by atoms with Gasteiger partial charge in [0.25, 0.3) is 0 Å². The van der Waals surface area contributed by atoms with E-state index >= 15 is 0 Å².